The van der Waals surface area contributed by atoms with Crippen LogP contribution in [0.5, 0.6) is 0 Å². The largest absolute Gasteiger partial charge is 0.460 e. The van der Waals surface area contributed by atoms with Crippen LogP contribution in [0.4, 0.5) is 4.11 Å². The topological polar surface area (TPSA) is 18.5 Å². The molecule has 0 aliphatic carbocycles. The van der Waals surface area contributed by atoms with Crippen LogP contribution in [0.2, 0.25) is 19.1 Å². The zero-order chi connectivity index (χ0) is 9.61. The quantitative estimate of drug-likeness (QED) is 0.307. The average molecular weight is 210 g/mol. The number of rotatable bonds is 4. The number of thiocarbonyl (C=S) groups is 1. The van der Waals surface area contributed by atoms with E-state index in [2.05, 4.69) is 17.0 Å². The Balaban J connectivity index is 3.28. The Morgan fingerprint density at radius 1 is 1.50 bits per heavy atom. The van der Waals surface area contributed by atoms with Gasteiger partial charge in [-0.3, -0.25) is 0 Å². The van der Waals surface area contributed by atoms with Crippen LogP contribution in [0.1, 0.15) is 6.42 Å². The smallest absolute Gasteiger partial charge is 0.351 e. The molecule has 0 aromatic heterocycles. The van der Waals surface area contributed by atoms with E-state index in [0.29, 0.717) is 19.1 Å². The first-order valence-electron chi connectivity index (χ1n) is 3.85. The summed E-state index contributed by atoms with van der Waals surface area (Å²) in [5.74, 6) is 0. The van der Waals surface area contributed by atoms with Crippen LogP contribution in [0.25, 0.3) is 0 Å². The van der Waals surface area contributed by atoms with Crippen molar-refractivity contribution in [1.82, 2.24) is 0 Å². The summed E-state index contributed by atoms with van der Waals surface area (Å²) < 4.78 is 22.6. The minimum absolute atomic E-state index is 0.133. The first-order valence-corrected chi connectivity index (χ1v) is 7.35. The van der Waals surface area contributed by atoms with E-state index < -0.39 is 8.41 Å². The molecule has 0 aromatic carbocycles. The predicted octanol–water partition coefficient (Wildman–Crippen LogP) is 2.50. The van der Waals surface area contributed by atoms with Crippen molar-refractivity contribution in [3.8, 4) is 0 Å². The lowest BCUT2D eigenvalue weighted by Crippen LogP contribution is -2.18. The molecule has 0 amide bonds. The SMILES string of the molecule is COC(=S)OCCC[Si](C)(C)F. The maximum Gasteiger partial charge on any atom is 0.351 e. The highest BCUT2D eigenvalue weighted by molar-refractivity contribution is 7.79. The van der Waals surface area contributed by atoms with Crippen molar-refractivity contribution in [1.29, 1.82) is 0 Å². The summed E-state index contributed by atoms with van der Waals surface area (Å²) in [5.41, 5.74) is 0. The third-order valence-electron chi connectivity index (χ3n) is 1.30. The zero-order valence-electron chi connectivity index (χ0n) is 7.72. The molecule has 2 nitrogen and oxygen atoms in total. The minimum Gasteiger partial charge on any atom is -0.460 e. The summed E-state index contributed by atoms with van der Waals surface area (Å²) in [6.45, 7) is 3.82. The molecule has 0 saturated carbocycles. The molecule has 12 heavy (non-hydrogen) atoms. The summed E-state index contributed by atoms with van der Waals surface area (Å²) in [4.78, 5) is 0. The molecule has 0 fully saturated rings. The fourth-order valence-electron chi connectivity index (χ4n) is 0.707. The number of hydrogen-bond acceptors (Lipinski definition) is 3. The predicted molar refractivity (Wildman–Crippen MR) is 53.6 cm³/mol. The third-order valence-corrected chi connectivity index (χ3v) is 3.13. The van der Waals surface area contributed by atoms with E-state index in [1.807, 2.05) is 0 Å². The minimum atomic E-state index is -2.40. The molecule has 0 spiro atoms. The molecule has 0 bridgehead atoms. The zero-order valence-corrected chi connectivity index (χ0v) is 9.54. The molecule has 0 unspecified atom stereocenters. The van der Waals surface area contributed by atoms with E-state index in [4.69, 9.17) is 4.74 Å². The van der Waals surface area contributed by atoms with E-state index in [1.54, 1.807) is 13.1 Å². The second-order valence-electron chi connectivity index (χ2n) is 3.12. The Hall–Kier alpha value is -0.163. The van der Waals surface area contributed by atoms with Crippen molar-refractivity contribution in [2.45, 2.75) is 25.6 Å². The Labute approximate surface area is 79.2 Å². The van der Waals surface area contributed by atoms with Crippen LogP contribution < -0.4 is 0 Å². The second kappa shape index (κ2) is 5.48. The van der Waals surface area contributed by atoms with Gasteiger partial charge in [0.15, 0.2) is 0 Å². The lowest BCUT2D eigenvalue weighted by atomic mass is 10.5. The van der Waals surface area contributed by atoms with Gasteiger partial charge in [-0.25, -0.2) is 0 Å². The van der Waals surface area contributed by atoms with Gasteiger partial charge in [-0.2, -0.15) is 0 Å². The summed E-state index contributed by atoms with van der Waals surface area (Å²) in [5, 5.41) is 0.133. The summed E-state index contributed by atoms with van der Waals surface area (Å²) in [7, 11) is -0.949. The first kappa shape index (κ1) is 11.8. The van der Waals surface area contributed by atoms with E-state index in [1.165, 1.54) is 7.11 Å². The Morgan fingerprint density at radius 3 is 2.50 bits per heavy atom. The Bertz CT molecular complexity index is 147. The molecule has 72 valence electrons. The lowest BCUT2D eigenvalue weighted by molar-refractivity contribution is 0.210. The van der Waals surface area contributed by atoms with Crippen LogP contribution in [0, 0.1) is 0 Å². The van der Waals surface area contributed by atoms with Crippen molar-refractivity contribution in [3.63, 3.8) is 0 Å². The molecule has 0 rings (SSSR count). The molecule has 0 aromatic rings. The van der Waals surface area contributed by atoms with Crippen molar-refractivity contribution < 1.29 is 13.6 Å². The average Bonchev–Trinajstić information content (AvgIpc) is 1.96. The number of hydrogen-bond donors (Lipinski definition) is 0. The highest BCUT2D eigenvalue weighted by Crippen LogP contribution is 2.12. The van der Waals surface area contributed by atoms with E-state index in [-0.39, 0.29) is 5.24 Å². The second-order valence-corrected chi connectivity index (χ2v) is 7.40. The van der Waals surface area contributed by atoms with Gasteiger partial charge in [-0.15, -0.1) is 0 Å². The van der Waals surface area contributed by atoms with Gasteiger partial charge in [-0.1, -0.05) is 0 Å². The first-order chi connectivity index (χ1) is 5.45. The van der Waals surface area contributed by atoms with Gasteiger partial charge < -0.3 is 13.6 Å². The maximum atomic E-state index is 13.0. The van der Waals surface area contributed by atoms with Crippen LogP contribution in [-0.2, 0) is 9.47 Å². The van der Waals surface area contributed by atoms with Crippen LogP contribution in [0.3, 0.4) is 0 Å². The maximum absolute atomic E-state index is 13.0. The normalized spacial score (nSPS) is 11.0. The van der Waals surface area contributed by atoms with Crippen LogP contribution >= 0.6 is 12.2 Å². The molecule has 0 atom stereocenters. The van der Waals surface area contributed by atoms with Crippen molar-refractivity contribution in [2.75, 3.05) is 13.7 Å². The summed E-state index contributed by atoms with van der Waals surface area (Å²) in [6, 6.07) is 0.610. The molecule has 0 radical (unpaired) electrons. The Kier molecular flexibility index (Phi) is 5.40. The van der Waals surface area contributed by atoms with Crippen molar-refractivity contribution in [2.24, 2.45) is 0 Å². The summed E-state index contributed by atoms with van der Waals surface area (Å²) >= 11 is 4.64. The fourth-order valence-corrected chi connectivity index (χ4v) is 1.78. The lowest BCUT2D eigenvalue weighted by Gasteiger charge is -2.10. The molecule has 0 aliphatic heterocycles. The van der Waals surface area contributed by atoms with Gasteiger partial charge in [0, 0.05) is 12.2 Å². The molecule has 0 saturated heterocycles. The third kappa shape index (κ3) is 7.94. The molecule has 0 N–H and O–H groups in total. The van der Waals surface area contributed by atoms with Gasteiger partial charge >= 0.3 is 5.24 Å². The van der Waals surface area contributed by atoms with Gasteiger partial charge in [0.2, 0.25) is 8.41 Å². The molecule has 5 heteroatoms. The van der Waals surface area contributed by atoms with Gasteiger partial charge in [0.1, 0.15) is 0 Å². The molecular formula is C7H15FO2SSi. The molecule has 0 heterocycles. The monoisotopic (exact) mass is 210 g/mol. The van der Waals surface area contributed by atoms with Crippen LogP contribution in [0.15, 0.2) is 0 Å². The van der Waals surface area contributed by atoms with Gasteiger partial charge in [0.05, 0.1) is 13.7 Å². The number of ether oxygens (including phenoxy) is 2. The molecular weight excluding hydrogens is 195 g/mol. The van der Waals surface area contributed by atoms with Crippen molar-refractivity contribution in [3.05, 3.63) is 0 Å². The van der Waals surface area contributed by atoms with Crippen LogP contribution in [-0.4, -0.2) is 27.4 Å². The van der Waals surface area contributed by atoms with E-state index in [9.17, 15) is 4.11 Å². The fraction of sp³-hybridized carbons (Fsp3) is 0.857. The Morgan fingerprint density at radius 2 is 2.08 bits per heavy atom. The highest BCUT2D eigenvalue weighted by atomic mass is 32.1. The van der Waals surface area contributed by atoms with E-state index >= 15 is 0 Å². The molecule has 0 aliphatic rings. The van der Waals surface area contributed by atoms with Crippen molar-refractivity contribution >= 4 is 25.9 Å². The standard InChI is InChI=1S/C7H15FO2SSi/c1-9-7(11)10-5-4-6-12(2,3)8/h4-6H2,1-3H3. The van der Waals surface area contributed by atoms with E-state index in [0.717, 1.165) is 0 Å². The van der Waals surface area contributed by atoms with Gasteiger partial charge in [0.25, 0.3) is 0 Å². The number of halogens is 1. The highest BCUT2D eigenvalue weighted by Gasteiger charge is 2.19. The number of methoxy groups -OCH3 is 1. The summed E-state index contributed by atoms with van der Waals surface area (Å²) in [6.07, 6.45) is 0.708. The van der Waals surface area contributed by atoms with Gasteiger partial charge in [-0.05, 0) is 25.6 Å².